The monoisotopic (exact) mass is 343 g/mol. The third-order valence-electron chi connectivity index (χ3n) is 4.81. The van der Waals surface area contributed by atoms with Crippen LogP contribution in [0, 0.1) is 5.21 Å². The van der Waals surface area contributed by atoms with Crippen LogP contribution in [0.5, 0.6) is 5.75 Å². The van der Waals surface area contributed by atoms with E-state index in [9.17, 15) is 10.3 Å². The molecule has 0 spiro atoms. The van der Waals surface area contributed by atoms with Gasteiger partial charge in [0.1, 0.15) is 5.75 Å². The molecule has 24 heavy (non-hydrogen) atoms. The summed E-state index contributed by atoms with van der Waals surface area (Å²) >= 11 is 5.97. The molecule has 3 aromatic rings. The van der Waals surface area contributed by atoms with E-state index in [1.807, 2.05) is 12.1 Å². The molecule has 1 saturated carbocycles. The molecule has 0 atom stereocenters. The summed E-state index contributed by atoms with van der Waals surface area (Å²) in [5, 5.41) is 27.6. The molecule has 1 N–H and O–H groups in total. The number of phenolic OH excluding ortho intramolecular Hbond substituents is 1. The first-order chi connectivity index (χ1) is 11.6. The molecule has 5 nitrogen and oxygen atoms in total. The van der Waals surface area contributed by atoms with Crippen molar-refractivity contribution in [3.05, 3.63) is 52.2 Å². The van der Waals surface area contributed by atoms with Crippen molar-refractivity contribution >= 4 is 22.6 Å². The average Bonchev–Trinajstić information content (AvgIpc) is 2.92. The summed E-state index contributed by atoms with van der Waals surface area (Å²) in [6, 6.07) is 10.5. The van der Waals surface area contributed by atoms with E-state index in [4.69, 9.17) is 11.6 Å². The number of hydrogen-bond donors (Lipinski definition) is 1. The molecule has 4 rings (SSSR count). The Kier molecular flexibility index (Phi) is 3.81. The maximum absolute atomic E-state index is 12.6. The molecule has 6 heteroatoms. The van der Waals surface area contributed by atoms with Gasteiger partial charge in [-0.05, 0) is 53.4 Å². The first-order valence-electron chi connectivity index (χ1n) is 8.25. The van der Waals surface area contributed by atoms with Gasteiger partial charge in [-0.2, -0.15) is 0 Å². The summed E-state index contributed by atoms with van der Waals surface area (Å²) in [6.07, 6.45) is 6.04. The second-order valence-electron chi connectivity index (χ2n) is 6.38. The molecule has 0 radical (unpaired) electrons. The van der Waals surface area contributed by atoms with Gasteiger partial charge in [0, 0.05) is 11.1 Å². The van der Waals surface area contributed by atoms with Crippen LogP contribution >= 0.6 is 11.6 Å². The zero-order chi connectivity index (χ0) is 16.7. The maximum atomic E-state index is 12.6. The molecule has 1 heterocycles. The number of hydrogen-bond acceptors (Lipinski definition) is 3. The lowest BCUT2D eigenvalue weighted by molar-refractivity contribution is -0.664. The summed E-state index contributed by atoms with van der Waals surface area (Å²) in [4.78, 5) is 1.86. The molecule has 1 fully saturated rings. The lowest BCUT2D eigenvalue weighted by Gasteiger charge is -2.22. The molecule has 2 aromatic carbocycles. The normalized spacial score (nSPS) is 15.9. The predicted molar refractivity (Wildman–Crippen MR) is 92.5 cm³/mol. The Labute approximate surface area is 144 Å². The Bertz CT molecular complexity index is 901. The van der Waals surface area contributed by atoms with Crippen LogP contribution in [0.1, 0.15) is 43.6 Å². The molecular formula is C18H18ClN3O2. The summed E-state index contributed by atoms with van der Waals surface area (Å²) in [5.74, 6) is 0.524. The van der Waals surface area contributed by atoms with E-state index in [2.05, 4.69) is 5.10 Å². The van der Waals surface area contributed by atoms with E-state index in [0.29, 0.717) is 32.5 Å². The van der Waals surface area contributed by atoms with E-state index in [1.165, 1.54) is 24.1 Å². The number of nitrogens with zero attached hydrogens (tertiary/aromatic N) is 3. The molecule has 0 amide bonds. The van der Waals surface area contributed by atoms with Crippen molar-refractivity contribution < 1.29 is 9.95 Å². The number of fused-ring (bicyclic) bond motifs is 1. The van der Waals surface area contributed by atoms with Crippen molar-refractivity contribution in [3.63, 3.8) is 0 Å². The van der Waals surface area contributed by atoms with Crippen molar-refractivity contribution in [2.45, 2.75) is 38.0 Å². The van der Waals surface area contributed by atoms with Gasteiger partial charge in [-0.25, -0.2) is 0 Å². The summed E-state index contributed by atoms with van der Waals surface area (Å²) in [7, 11) is 0. The molecule has 0 bridgehead atoms. The van der Waals surface area contributed by atoms with Crippen molar-refractivity contribution in [1.29, 1.82) is 0 Å². The number of aromatic hydroxyl groups is 1. The minimum atomic E-state index is 0.0399. The Morgan fingerprint density at radius 1 is 1.12 bits per heavy atom. The molecule has 0 unspecified atom stereocenters. The minimum absolute atomic E-state index is 0.0399. The smallest absolute Gasteiger partial charge is 0.250 e. The van der Waals surface area contributed by atoms with Crippen molar-refractivity contribution in [2.75, 3.05) is 0 Å². The molecule has 1 aromatic heterocycles. The van der Waals surface area contributed by atoms with Gasteiger partial charge in [0.15, 0.2) is 5.69 Å². The highest BCUT2D eigenvalue weighted by Gasteiger charge is 2.22. The van der Waals surface area contributed by atoms with Crippen LogP contribution in [0.25, 0.3) is 16.7 Å². The van der Waals surface area contributed by atoms with Crippen LogP contribution in [-0.4, -0.2) is 15.0 Å². The highest BCUT2D eigenvalue weighted by molar-refractivity contribution is 6.31. The highest BCUT2D eigenvalue weighted by Crippen LogP contribution is 2.35. The number of benzene rings is 2. The van der Waals surface area contributed by atoms with Crippen molar-refractivity contribution in [1.82, 2.24) is 9.90 Å². The van der Waals surface area contributed by atoms with Gasteiger partial charge < -0.3 is 10.3 Å². The topological polar surface area (TPSA) is 65.0 Å². The second-order valence-corrected chi connectivity index (χ2v) is 6.81. The van der Waals surface area contributed by atoms with E-state index in [-0.39, 0.29) is 5.75 Å². The van der Waals surface area contributed by atoms with Crippen LogP contribution in [0.2, 0.25) is 5.02 Å². The first-order valence-corrected chi connectivity index (χ1v) is 8.63. The molecular weight excluding hydrogens is 326 g/mol. The van der Waals surface area contributed by atoms with Gasteiger partial charge in [-0.3, -0.25) is 0 Å². The highest BCUT2D eigenvalue weighted by atomic mass is 35.5. The molecule has 1 aliphatic rings. The number of halogens is 1. The van der Waals surface area contributed by atoms with Gasteiger partial charge >= 0.3 is 0 Å². The Morgan fingerprint density at radius 2 is 1.92 bits per heavy atom. The van der Waals surface area contributed by atoms with E-state index in [0.717, 1.165) is 18.4 Å². The van der Waals surface area contributed by atoms with Crippen LogP contribution in [0.3, 0.4) is 0 Å². The quantitative estimate of drug-likeness (QED) is 0.563. The standard InChI is InChI=1S/C18H18ClN3O2/c19-14-7-8-15-16(11-14)22(24)21(20-15)17-10-13(6-9-18(17)23)12-4-2-1-3-5-12/h6-12,23H,1-5H2. The lowest BCUT2D eigenvalue weighted by atomic mass is 9.84. The van der Waals surface area contributed by atoms with E-state index in [1.54, 1.807) is 24.3 Å². The zero-order valence-corrected chi connectivity index (χ0v) is 13.9. The first kappa shape index (κ1) is 15.3. The van der Waals surface area contributed by atoms with Crippen LogP contribution in [0.15, 0.2) is 36.4 Å². The van der Waals surface area contributed by atoms with Crippen LogP contribution in [-0.2, 0) is 0 Å². The summed E-state index contributed by atoms with van der Waals surface area (Å²) in [5.41, 5.74) is 2.47. The third-order valence-corrected chi connectivity index (χ3v) is 5.04. The minimum Gasteiger partial charge on any atom is -0.692 e. The fourth-order valence-corrected chi connectivity index (χ4v) is 3.69. The Morgan fingerprint density at radius 3 is 2.71 bits per heavy atom. The van der Waals surface area contributed by atoms with Crippen molar-refractivity contribution in [2.24, 2.45) is 0 Å². The van der Waals surface area contributed by atoms with Gasteiger partial charge in [0.2, 0.25) is 11.0 Å². The third kappa shape index (κ3) is 2.59. The lowest BCUT2D eigenvalue weighted by Crippen LogP contribution is -2.37. The summed E-state index contributed by atoms with van der Waals surface area (Å²) in [6.45, 7) is 0. The fraction of sp³-hybridized carbons (Fsp3) is 0.333. The van der Waals surface area contributed by atoms with Gasteiger partial charge in [0.05, 0.1) is 5.10 Å². The van der Waals surface area contributed by atoms with Gasteiger partial charge in [-0.15, -0.1) is 4.85 Å². The predicted octanol–water partition coefficient (Wildman–Crippen LogP) is 4.07. The molecule has 124 valence electrons. The van der Waals surface area contributed by atoms with Crippen LogP contribution in [0.4, 0.5) is 0 Å². The largest absolute Gasteiger partial charge is 0.692 e. The Hall–Kier alpha value is -2.27. The van der Waals surface area contributed by atoms with Gasteiger partial charge in [-0.1, -0.05) is 36.9 Å². The molecule has 0 aliphatic heterocycles. The van der Waals surface area contributed by atoms with E-state index < -0.39 is 0 Å². The molecule has 0 saturated heterocycles. The number of rotatable bonds is 2. The summed E-state index contributed by atoms with van der Waals surface area (Å²) < 4.78 is 0. The zero-order valence-electron chi connectivity index (χ0n) is 13.2. The maximum Gasteiger partial charge on any atom is 0.250 e. The van der Waals surface area contributed by atoms with Crippen molar-refractivity contribution in [3.8, 4) is 11.4 Å². The number of aromatic nitrogens is 3. The van der Waals surface area contributed by atoms with Gasteiger partial charge in [0.25, 0.3) is 0 Å². The fourth-order valence-electron chi connectivity index (χ4n) is 3.52. The average molecular weight is 344 g/mol. The molecule has 1 aliphatic carbocycles. The van der Waals surface area contributed by atoms with E-state index >= 15 is 0 Å². The number of phenols is 1. The Balaban J connectivity index is 1.82. The SMILES string of the molecule is [O-][n+]1c2cc(Cl)ccc2nn1-c1cc(C2CCCCC2)ccc1O. The van der Waals surface area contributed by atoms with Crippen LogP contribution < -0.4 is 4.85 Å². The second kappa shape index (κ2) is 5.98.